The van der Waals surface area contributed by atoms with Crippen LogP contribution in [0.2, 0.25) is 0 Å². The monoisotopic (exact) mass is 553 g/mol. The molecule has 7 nitrogen and oxygen atoms in total. The molecule has 0 radical (unpaired) electrons. The van der Waals surface area contributed by atoms with Crippen molar-refractivity contribution >= 4 is 29.9 Å². The lowest BCUT2D eigenvalue weighted by atomic mass is 10.1. The standard InChI is InChI=1S/C20H26F3N5O2.HI/c1-5-29-16-7-13-6-12(2)30-17(13)8-14(16)9-25-19(24-3)26-10-15-11-28(4)27-18(15)20(21,22)23;/h7-8,11-12H,5-6,9-10H2,1-4H3,(H2,24,25,26);1H. The fourth-order valence-corrected chi connectivity index (χ4v) is 3.39. The van der Waals surface area contributed by atoms with Crippen molar-refractivity contribution in [3.8, 4) is 11.5 Å². The van der Waals surface area contributed by atoms with E-state index in [1.807, 2.05) is 26.0 Å². The number of aromatic nitrogens is 2. The minimum absolute atomic E-state index is 0. The Morgan fingerprint density at radius 2 is 1.97 bits per heavy atom. The van der Waals surface area contributed by atoms with Crippen LogP contribution in [0.25, 0.3) is 0 Å². The van der Waals surface area contributed by atoms with Crippen LogP contribution in [0.3, 0.4) is 0 Å². The van der Waals surface area contributed by atoms with E-state index in [0.29, 0.717) is 19.1 Å². The van der Waals surface area contributed by atoms with Crippen molar-refractivity contribution in [2.24, 2.45) is 12.0 Å². The summed E-state index contributed by atoms with van der Waals surface area (Å²) in [5.41, 5.74) is 1.12. The fraction of sp³-hybridized carbons (Fsp3) is 0.500. The van der Waals surface area contributed by atoms with Crippen molar-refractivity contribution in [1.82, 2.24) is 20.4 Å². The van der Waals surface area contributed by atoms with E-state index < -0.39 is 11.9 Å². The lowest BCUT2D eigenvalue weighted by molar-refractivity contribution is -0.142. The van der Waals surface area contributed by atoms with E-state index in [1.165, 1.54) is 13.2 Å². The average molecular weight is 553 g/mol. The second-order valence-corrected chi connectivity index (χ2v) is 7.09. The van der Waals surface area contributed by atoms with Gasteiger partial charge in [-0.15, -0.1) is 24.0 Å². The molecule has 31 heavy (non-hydrogen) atoms. The third-order valence-corrected chi connectivity index (χ3v) is 4.67. The molecule has 0 spiro atoms. The third kappa shape index (κ3) is 6.17. The molecule has 1 atom stereocenters. The van der Waals surface area contributed by atoms with Gasteiger partial charge in [0, 0.05) is 56.5 Å². The van der Waals surface area contributed by atoms with E-state index in [9.17, 15) is 13.2 Å². The van der Waals surface area contributed by atoms with Gasteiger partial charge in [0.15, 0.2) is 11.7 Å². The zero-order valence-corrected chi connectivity index (χ0v) is 20.2. The molecule has 2 aromatic rings. The van der Waals surface area contributed by atoms with Crippen LogP contribution in [-0.4, -0.2) is 35.5 Å². The van der Waals surface area contributed by atoms with E-state index in [0.717, 1.165) is 33.7 Å². The van der Waals surface area contributed by atoms with Gasteiger partial charge in [-0.2, -0.15) is 18.3 Å². The predicted molar refractivity (Wildman–Crippen MR) is 122 cm³/mol. The van der Waals surface area contributed by atoms with Gasteiger partial charge >= 0.3 is 6.18 Å². The Labute approximate surface area is 196 Å². The second-order valence-electron chi connectivity index (χ2n) is 7.09. The number of nitrogens with zero attached hydrogens (tertiary/aromatic N) is 3. The number of ether oxygens (including phenoxy) is 2. The van der Waals surface area contributed by atoms with Crippen LogP contribution in [0.1, 0.15) is 36.2 Å². The Kier molecular flexibility index (Phi) is 8.43. The van der Waals surface area contributed by atoms with Crippen LogP contribution >= 0.6 is 24.0 Å². The average Bonchev–Trinajstić information content (AvgIpc) is 3.22. The van der Waals surface area contributed by atoms with E-state index in [-0.39, 0.29) is 42.2 Å². The molecule has 0 fully saturated rings. The summed E-state index contributed by atoms with van der Waals surface area (Å²) in [6.45, 7) is 4.76. The summed E-state index contributed by atoms with van der Waals surface area (Å²) in [7, 11) is 3.01. The lowest BCUT2D eigenvalue weighted by Gasteiger charge is -2.16. The third-order valence-electron chi connectivity index (χ3n) is 4.67. The molecule has 1 aromatic carbocycles. The van der Waals surface area contributed by atoms with Crippen LogP contribution in [-0.2, 0) is 32.7 Å². The Morgan fingerprint density at radius 3 is 2.58 bits per heavy atom. The molecule has 1 aliphatic rings. The van der Waals surface area contributed by atoms with Crippen molar-refractivity contribution in [3.63, 3.8) is 0 Å². The number of fused-ring (bicyclic) bond motifs is 1. The first kappa shape index (κ1) is 25.1. The molecule has 2 heterocycles. The van der Waals surface area contributed by atoms with Gasteiger partial charge in [-0.3, -0.25) is 9.67 Å². The first-order chi connectivity index (χ1) is 14.2. The molecule has 1 aliphatic heterocycles. The predicted octanol–water partition coefficient (Wildman–Crippen LogP) is 3.64. The number of hydrogen-bond acceptors (Lipinski definition) is 4. The number of hydrogen-bond donors (Lipinski definition) is 2. The number of guanidine groups is 1. The molecule has 172 valence electrons. The Balaban J connectivity index is 0.00000341. The summed E-state index contributed by atoms with van der Waals surface area (Å²) < 4.78 is 52.1. The Morgan fingerprint density at radius 1 is 1.29 bits per heavy atom. The molecule has 0 bridgehead atoms. The topological polar surface area (TPSA) is 72.7 Å². The summed E-state index contributed by atoms with van der Waals surface area (Å²) >= 11 is 0. The smallest absolute Gasteiger partial charge is 0.435 e. The van der Waals surface area contributed by atoms with Crippen molar-refractivity contribution in [3.05, 3.63) is 40.7 Å². The maximum Gasteiger partial charge on any atom is 0.435 e. The maximum atomic E-state index is 13.1. The van der Waals surface area contributed by atoms with Gasteiger partial charge in [-0.05, 0) is 26.0 Å². The summed E-state index contributed by atoms with van der Waals surface area (Å²) in [4.78, 5) is 4.09. The second kappa shape index (κ2) is 10.4. The van der Waals surface area contributed by atoms with Crippen LogP contribution in [0.5, 0.6) is 11.5 Å². The van der Waals surface area contributed by atoms with E-state index >= 15 is 0 Å². The highest BCUT2D eigenvalue weighted by Gasteiger charge is 2.36. The number of halogens is 4. The lowest BCUT2D eigenvalue weighted by Crippen LogP contribution is -2.36. The normalized spacial score (nSPS) is 15.7. The minimum atomic E-state index is -4.51. The first-order valence-corrected chi connectivity index (χ1v) is 9.70. The van der Waals surface area contributed by atoms with Gasteiger partial charge in [-0.1, -0.05) is 0 Å². The van der Waals surface area contributed by atoms with E-state index in [4.69, 9.17) is 9.47 Å². The van der Waals surface area contributed by atoms with Crippen LogP contribution < -0.4 is 20.1 Å². The highest BCUT2D eigenvalue weighted by atomic mass is 127. The summed E-state index contributed by atoms with van der Waals surface area (Å²) in [5.74, 6) is 1.95. The van der Waals surface area contributed by atoms with Crippen molar-refractivity contribution in [2.45, 2.75) is 45.6 Å². The minimum Gasteiger partial charge on any atom is -0.494 e. The number of aryl methyl sites for hydroxylation is 1. The molecule has 1 unspecified atom stereocenters. The largest absolute Gasteiger partial charge is 0.494 e. The zero-order chi connectivity index (χ0) is 21.9. The Hall–Kier alpha value is -2.18. The number of aliphatic imine (C=N–C) groups is 1. The molecule has 3 rings (SSSR count). The van der Waals surface area contributed by atoms with E-state index in [1.54, 1.807) is 7.05 Å². The SMILES string of the molecule is CCOc1cc2c(cc1CNC(=NC)NCc1cn(C)nc1C(F)(F)F)OC(C)C2.I. The molecule has 0 saturated carbocycles. The van der Waals surface area contributed by atoms with Gasteiger partial charge in [0.2, 0.25) is 0 Å². The maximum absolute atomic E-state index is 13.1. The fourth-order valence-electron chi connectivity index (χ4n) is 3.39. The van der Waals surface area contributed by atoms with Gasteiger partial charge in [0.05, 0.1) is 6.61 Å². The summed E-state index contributed by atoms with van der Waals surface area (Å²) in [6, 6.07) is 3.92. The van der Waals surface area contributed by atoms with Gasteiger partial charge in [-0.25, -0.2) is 0 Å². The zero-order valence-electron chi connectivity index (χ0n) is 17.8. The van der Waals surface area contributed by atoms with Crippen LogP contribution in [0, 0.1) is 0 Å². The van der Waals surface area contributed by atoms with E-state index in [2.05, 4.69) is 20.7 Å². The molecular weight excluding hydrogens is 526 g/mol. The number of nitrogens with one attached hydrogen (secondary N) is 2. The molecular formula is C20H27F3IN5O2. The van der Waals surface area contributed by atoms with Crippen molar-refractivity contribution in [2.75, 3.05) is 13.7 Å². The number of rotatable bonds is 6. The summed E-state index contributed by atoms with van der Waals surface area (Å²) in [6.07, 6.45) is -2.22. The van der Waals surface area contributed by atoms with Gasteiger partial charge < -0.3 is 20.1 Å². The summed E-state index contributed by atoms with van der Waals surface area (Å²) in [5, 5.41) is 9.53. The molecule has 11 heteroatoms. The highest BCUT2D eigenvalue weighted by molar-refractivity contribution is 14.0. The molecule has 0 aliphatic carbocycles. The number of alkyl halides is 3. The van der Waals surface area contributed by atoms with Crippen molar-refractivity contribution in [1.29, 1.82) is 0 Å². The molecule has 1 aromatic heterocycles. The molecule has 0 amide bonds. The van der Waals surface area contributed by atoms with Gasteiger partial charge in [0.25, 0.3) is 0 Å². The van der Waals surface area contributed by atoms with Crippen molar-refractivity contribution < 1.29 is 22.6 Å². The Bertz CT molecular complexity index is 930. The quantitative estimate of drug-likeness (QED) is 0.325. The van der Waals surface area contributed by atoms with Crippen LogP contribution in [0.15, 0.2) is 23.3 Å². The van der Waals surface area contributed by atoms with Gasteiger partial charge in [0.1, 0.15) is 17.6 Å². The highest BCUT2D eigenvalue weighted by Crippen LogP contribution is 2.35. The first-order valence-electron chi connectivity index (χ1n) is 9.70. The van der Waals surface area contributed by atoms with Crippen LogP contribution in [0.4, 0.5) is 13.2 Å². The molecule has 0 saturated heterocycles. The molecule has 2 N–H and O–H groups in total. The number of benzene rings is 1.